The van der Waals surface area contributed by atoms with E-state index in [2.05, 4.69) is 35.0 Å². The SMILES string of the molecule is CCCCn1c(CCCNC=O)nc2ccccc21. The lowest BCUT2D eigenvalue weighted by Crippen LogP contribution is -2.14. The molecule has 0 unspecified atom stereocenters. The molecule has 0 fully saturated rings. The van der Waals surface area contributed by atoms with Crippen LogP contribution in [-0.2, 0) is 17.8 Å². The molecule has 19 heavy (non-hydrogen) atoms. The molecule has 0 bridgehead atoms. The molecular weight excluding hydrogens is 238 g/mol. The number of rotatable bonds is 8. The zero-order chi connectivity index (χ0) is 13.5. The molecule has 1 aromatic carbocycles. The molecule has 0 atom stereocenters. The third-order valence-corrected chi connectivity index (χ3v) is 3.27. The summed E-state index contributed by atoms with van der Waals surface area (Å²) in [6.07, 6.45) is 4.92. The van der Waals surface area contributed by atoms with E-state index in [1.54, 1.807) is 0 Å². The number of para-hydroxylation sites is 2. The third-order valence-electron chi connectivity index (χ3n) is 3.27. The van der Waals surface area contributed by atoms with Crippen molar-refractivity contribution in [3.05, 3.63) is 30.1 Å². The van der Waals surface area contributed by atoms with E-state index in [0.717, 1.165) is 37.1 Å². The van der Waals surface area contributed by atoms with Crippen LogP contribution in [0.5, 0.6) is 0 Å². The van der Waals surface area contributed by atoms with Gasteiger partial charge in [-0.05, 0) is 25.0 Å². The average molecular weight is 259 g/mol. The van der Waals surface area contributed by atoms with Gasteiger partial charge in [0.2, 0.25) is 6.41 Å². The highest BCUT2D eigenvalue weighted by molar-refractivity contribution is 5.75. The topological polar surface area (TPSA) is 46.9 Å². The Kier molecular flexibility index (Phi) is 4.95. The normalized spacial score (nSPS) is 10.8. The summed E-state index contributed by atoms with van der Waals surface area (Å²) < 4.78 is 2.32. The van der Waals surface area contributed by atoms with Crippen molar-refractivity contribution >= 4 is 17.4 Å². The molecule has 102 valence electrons. The van der Waals surface area contributed by atoms with Crippen LogP contribution in [0.1, 0.15) is 32.0 Å². The van der Waals surface area contributed by atoms with Gasteiger partial charge in [-0.3, -0.25) is 4.79 Å². The summed E-state index contributed by atoms with van der Waals surface area (Å²) in [4.78, 5) is 14.9. The van der Waals surface area contributed by atoms with E-state index >= 15 is 0 Å². The predicted molar refractivity (Wildman–Crippen MR) is 77.0 cm³/mol. The lowest BCUT2D eigenvalue weighted by atomic mass is 10.2. The lowest BCUT2D eigenvalue weighted by molar-refractivity contribution is -0.109. The second-order valence-electron chi connectivity index (χ2n) is 4.70. The largest absolute Gasteiger partial charge is 0.359 e. The first kappa shape index (κ1) is 13.6. The van der Waals surface area contributed by atoms with Gasteiger partial charge in [-0.2, -0.15) is 0 Å². The van der Waals surface area contributed by atoms with Crippen molar-refractivity contribution in [1.29, 1.82) is 0 Å². The molecule has 0 saturated carbocycles. The molecular formula is C15H21N3O. The number of nitrogens with zero attached hydrogens (tertiary/aromatic N) is 2. The molecule has 1 aromatic heterocycles. The van der Waals surface area contributed by atoms with E-state index in [1.165, 1.54) is 18.4 Å². The summed E-state index contributed by atoms with van der Waals surface area (Å²) >= 11 is 0. The first-order valence-corrected chi connectivity index (χ1v) is 6.98. The van der Waals surface area contributed by atoms with Gasteiger partial charge in [-0.1, -0.05) is 25.5 Å². The van der Waals surface area contributed by atoms with Crippen LogP contribution in [-0.4, -0.2) is 22.5 Å². The predicted octanol–water partition coefficient (Wildman–Crippen LogP) is 2.52. The number of carbonyl (C=O) groups excluding carboxylic acids is 1. The van der Waals surface area contributed by atoms with Crippen LogP contribution in [0.4, 0.5) is 0 Å². The Morgan fingerprint density at radius 1 is 1.32 bits per heavy atom. The van der Waals surface area contributed by atoms with Crippen molar-refractivity contribution < 1.29 is 4.79 Å². The van der Waals surface area contributed by atoms with Gasteiger partial charge in [-0.15, -0.1) is 0 Å². The van der Waals surface area contributed by atoms with Crippen LogP contribution < -0.4 is 5.32 Å². The van der Waals surface area contributed by atoms with Crippen molar-refractivity contribution in [2.24, 2.45) is 0 Å². The Bertz CT molecular complexity index is 533. The van der Waals surface area contributed by atoms with Crippen LogP contribution in [0.3, 0.4) is 0 Å². The van der Waals surface area contributed by atoms with E-state index < -0.39 is 0 Å². The first-order chi connectivity index (χ1) is 9.36. The molecule has 4 nitrogen and oxygen atoms in total. The van der Waals surface area contributed by atoms with Gasteiger partial charge in [0.05, 0.1) is 11.0 Å². The maximum Gasteiger partial charge on any atom is 0.207 e. The van der Waals surface area contributed by atoms with Crippen molar-refractivity contribution in [2.75, 3.05) is 6.54 Å². The smallest absolute Gasteiger partial charge is 0.207 e. The first-order valence-electron chi connectivity index (χ1n) is 6.98. The number of aryl methyl sites for hydroxylation is 2. The van der Waals surface area contributed by atoms with Gasteiger partial charge in [0, 0.05) is 19.5 Å². The summed E-state index contributed by atoms with van der Waals surface area (Å²) in [5.74, 6) is 1.13. The Balaban J connectivity index is 2.17. The molecule has 2 rings (SSSR count). The molecule has 0 saturated heterocycles. The number of unbranched alkanes of at least 4 members (excludes halogenated alkanes) is 1. The highest BCUT2D eigenvalue weighted by Crippen LogP contribution is 2.17. The molecule has 1 amide bonds. The Labute approximate surface area is 113 Å². The molecule has 2 aromatic rings. The number of imidazole rings is 1. The molecule has 0 aliphatic carbocycles. The number of aromatic nitrogens is 2. The number of hydrogen-bond acceptors (Lipinski definition) is 2. The van der Waals surface area contributed by atoms with Crippen LogP contribution in [0.25, 0.3) is 11.0 Å². The van der Waals surface area contributed by atoms with E-state index in [1.807, 2.05) is 6.07 Å². The van der Waals surface area contributed by atoms with Crippen LogP contribution in [0, 0.1) is 0 Å². The molecule has 1 heterocycles. The number of fused-ring (bicyclic) bond motifs is 1. The molecule has 4 heteroatoms. The minimum Gasteiger partial charge on any atom is -0.359 e. The second-order valence-corrected chi connectivity index (χ2v) is 4.70. The van der Waals surface area contributed by atoms with E-state index in [9.17, 15) is 4.79 Å². The third kappa shape index (κ3) is 3.34. The fourth-order valence-electron chi connectivity index (χ4n) is 2.29. The van der Waals surface area contributed by atoms with Gasteiger partial charge in [0.25, 0.3) is 0 Å². The highest BCUT2D eigenvalue weighted by Gasteiger charge is 2.09. The minimum absolute atomic E-state index is 0.709. The van der Waals surface area contributed by atoms with E-state index in [0.29, 0.717) is 6.54 Å². The monoisotopic (exact) mass is 259 g/mol. The summed E-state index contributed by atoms with van der Waals surface area (Å²) in [7, 11) is 0. The Morgan fingerprint density at radius 3 is 2.95 bits per heavy atom. The molecule has 0 aliphatic heterocycles. The zero-order valence-electron chi connectivity index (χ0n) is 11.4. The van der Waals surface area contributed by atoms with Crippen molar-refractivity contribution in [3.8, 4) is 0 Å². The average Bonchev–Trinajstić information content (AvgIpc) is 2.79. The summed E-state index contributed by atoms with van der Waals surface area (Å²) in [5.41, 5.74) is 2.28. The molecule has 0 radical (unpaired) electrons. The summed E-state index contributed by atoms with van der Waals surface area (Å²) in [5, 5.41) is 2.70. The van der Waals surface area contributed by atoms with E-state index in [-0.39, 0.29) is 0 Å². The number of benzene rings is 1. The number of carbonyl (C=O) groups is 1. The van der Waals surface area contributed by atoms with E-state index in [4.69, 9.17) is 4.98 Å². The molecule has 1 N–H and O–H groups in total. The summed E-state index contributed by atoms with van der Waals surface area (Å²) in [6, 6.07) is 8.28. The van der Waals surface area contributed by atoms with Crippen LogP contribution >= 0.6 is 0 Å². The van der Waals surface area contributed by atoms with Crippen LogP contribution in [0.15, 0.2) is 24.3 Å². The standard InChI is InChI=1S/C15H21N3O/c1-2-3-11-18-14-8-5-4-7-13(14)17-15(18)9-6-10-16-12-19/h4-5,7-8,12H,2-3,6,9-11H2,1H3,(H,16,19). The van der Waals surface area contributed by atoms with Crippen molar-refractivity contribution in [2.45, 2.75) is 39.2 Å². The summed E-state index contributed by atoms with van der Waals surface area (Å²) in [6.45, 7) is 3.93. The van der Waals surface area contributed by atoms with Crippen LogP contribution in [0.2, 0.25) is 0 Å². The van der Waals surface area contributed by atoms with Crippen molar-refractivity contribution in [1.82, 2.24) is 14.9 Å². The Morgan fingerprint density at radius 2 is 2.16 bits per heavy atom. The van der Waals surface area contributed by atoms with Gasteiger partial charge >= 0.3 is 0 Å². The number of amides is 1. The number of nitrogens with one attached hydrogen (secondary N) is 1. The van der Waals surface area contributed by atoms with Gasteiger partial charge in [0.15, 0.2) is 0 Å². The maximum absolute atomic E-state index is 10.2. The second kappa shape index (κ2) is 6.92. The van der Waals surface area contributed by atoms with Gasteiger partial charge < -0.3 is 9.88 Å². The Hall–Kier alpha value is -1.84. The van der Waals surface area contributed by atoms with Gasteiger partial charge in [0.1, 0.15) is 5.82 Å². The van der Waals surface area contributed by atoms with Gasteiger partial charge in [-0.25, -0.2) is 4.98 Å². The fraction of sp³-hybridized carbons (Fsp3) is 0.467. The fourth-order valence-corrected chi connectivity index (χ4v) is 2.29. The highest BCUT2D eigenvalue weighted by atomic mass is 16.1. The maximum atomic E-state index is 10.2. The number of hydrogen-bond donors (Lipinski definition) is 1. The molecule has 0 spiro atoms. The quantitative estimate of drug-likeness (QED) is 0.585. The minimum atomic E-state index is 0.709. The lowest BCUT2D eigenvalue weighted by Gasteiger charge is -2.08. The molecule has 0 aliphatic rings. The zero-order valence-corrected chi connectivity index (χ0v) is 11.4. The van der Waals surface area contributed by atoms with Crippen molar-refractivity contribution in [3.63, 3.8) is 0 Å².